The lowest BCUT2D eigenvalue weighted by atomic mass is 10.2. The molecule has 162 valence electrons. The number of hydrazine groups is 1. The molecule has 0 radical (unpaired) electrons. The lowest BCUT2D eigenvalue weighted by molar-refractivity contribution is -0.383. The van der Waals surface area contributed by atoms with E-state index >= 15 is 0 Å². The van der Waals surface area contributed by atoms with Gasteiger partial charge in [0.25, 0.3) is 5.91 Å². The van der Waals surface area contributed by atoms with Crippen molar-refractivity contribution in [3.8, 4) is 0 Å². The first-order valence-electron chi connectivity index (χ1n) is 8.97. The van der Waals surface area contributed by atoms with Crippen molar-refractivity contribution in [3.05, 3.63) is 74.0 Å². The van der Waals surface area contributed by atoms with Crippen LogP contribution in [0.25, 0.3) is 10.2 Å². The quantitative estimate of drug-likeness (QED) is 0.251. The van der Waals surface area contributed by atoms with Gasteiger partial charge in [0.1, 0.15) is 6.33 Å². The highest BCUT2D eigenvalue weighted by Crippen LogP contribution is 2.34. The van der Waals surface area contributed by atoms with Gasteiger partial charge in [-0.3, -0.25) is 25.8 Å². The number of nitrogens with one attached hydrogen (secondary N) is 3. The third-order valence-electron chi connectivity index (χ3n) is 4.24. The number of benzene rings is 2. The van der Waals surface area contributed by atoms with Crippen LogP contribution in [0.4, 0.5) is 22.5 Å². The van der Waals surface area contributed by atoms with Gasteiger partial charge in [-0.05, 0) is 42.8 Å². The standard InChI is InChI=1S/C19H13Cl2N7O3S/c1-9-2-5-13-14(6-9)32-19(24-13)25-16-15(28(30)31)17(23-8-22-16)26-27-18(29)11-4-3-10(20)7-12(11)21/h2-8H,1H3,(H,27,29)(H2,22,23,24,25,26). The number of carbonyl (C=O) groups is 1. The van der Waals surface area contributed by atoms with E-state index in [2.05, 4.69) is 31.1 Å². The Bertz CT molecular complexity index is 1360. The van der Waals surface area contributed by atoms with Crippen LogP contribution >= 0.6 is 34.5 Å². The van der Waals surface area contributed by atoms with Gasteiger partial charge in [-0.2, -0.15) is 0 Å². The van der Waals surface area contributed by atoms with Gasteiger partial charge in [0.15, 0.2) is 5.13 Å². The van der Waals surface area contributed by atoms with Crippen molar-refractivity contribution >= 4 is 73.1 Å². The molecule has 2 aromatic carbocycles. The molecule has 0 unspecified atom stereocenters. The minimum absolute atomic E-state index is 0.0814. The number of nitro groups is 1. The van der Waals surface area contributed by atoms with Gasteiger partial charge in [-0.15, -0.1) is 0 Å². The molecule has 10 nitrogen and oxygen atoms in total. The number of hydrogen-bond donors (Lipinski definition) is 3. The molecule has 0 aliphatic heterocycles. The number of fused-ring (bicyclic) bond motifs is 1. The van der Waals surface area contributed by atoms with E-state index in [1.54, 1.807) is 0 Å². The van der Waals surface area contributed by atoms with Crippen molar-refractivity contribution in [2.24, 2.45) is 0 Å². The van der Waals surface area contributed by atoms with E-state index in [4.69, 9.17) is 23.2 Å². The number of aryl methyl sites for hydroxylation is 1. The fourth-order valence-corrected chi connectivity index (χ4v) is 4.24. The summed E-state index contributed by atoms with van der Waals surface area (Å²) in [6.45, 7) is 1.96. The largest absolute Gasteiger partial charge is 0.355 e. The predicted molar refractivity (Wildman–Crippen MR) is 124 cm³/mol. The second-order valence-electron chi connectivity index (χ2n) is 6.50. The zero-order chi connectivity index (χ0) is 22.8. The maximum atomic E-state index is 12.4. The lowest BCUT2D eigenvalue weighted by Crippen LogP contribution is -2.30. The van der Waals surface area contributed by atoms with E-state index in [1.165, 1.54) is 29.5 Å². The van der Waals surface area contributed by atoms with E-state index in [0.29, 0.717) is 10.2 Å². The summed E-state index contributed by atoms with van der Waals surface area (Å²) in [4.78, 5) is 35.7. The molecule has 0 spiro atoms. The normalized spacial score (nSPS) is 10.7. The third kappa shape index (κ3) is 4.54. The van der Waals surface area contributed by atoms with Crippen LogP contribution < -0.4 is 16.2 Å². The van der Waals surface area contributed by atoms with Crippen molar-refractivity contribution in [3.63, 3.8) is 0 Å². The highest BCUT2D eigenvalue weighted by Gasteiger charge is 2.25. The van der Waals surface area contributed by atoms with Crippen molar-refractivity contribution in [1.82, 2.24) is 20.4 Å². The molecule has 0 aliphatic carbocycles. The number of halogens is 2. The van der Waals surface area contributed by atoms with Gasteiger partial charge in [-0.25, -0.2) is 15.0 Å². The van der Waals surface area contributed by atoms with E-state index in [1.807, 2.05) is 25.1 Å². The van der Waals surface area contributed by atoms with Crippen molar-refractivity contribution < 1.29 is 9.72 Å². The molecular weight excluding hydrogens is 477 g/mol. The summed E-state index contributed by atoms with van der Waals surface area (Å²) >= 11 is 13.2. The van der Waals surface area contributed by atoms with Crippen LogP contribution in [0.5, 0.6) is 0 Å². The molecule has 0 saturated carbocycles. The second kappa shape index (κ2) is 8.91. The highest BCUT2D eigenvalue weighted by molar-refractivity contribution is 7.22. The van der Waals surface area contributed by atoms with Crippen molar-refractivity contribution in [2.75, 3.05) is 10.7 Å². The first kappa shape index (κ1) is 21.7. The monoisotopic (exact) mass is 489 g/mol. The molecule has 2 aromatic heterocycles. The topological polar surface area (TPSA) is 135 Å². The third-order valence-corrected chi connectivity index (χ3v) is 5.73. The Kier molecular flexibility index (Phi) is 6.04. The van der Waals surface area contributed by atoms with Gasteiger partial charge < -0.3 is 5.32 Å². The van der Waals surface area contributed by atoms with E-state index in [0.717, 1.165) is 22.1 Å². The highest BCUT2D eigenvalue weighted by atomic mass is 35.5. The molecule has 3 N–H and O–H groups in total. The fraction of sp³-hybridized carbons (Fsp3) is 0.0526. The molecule has 0 fully saturated rings. The predicted octanol–water partition coefficient (Wildman–Crippen LogP) is 5.11. The van der Waals surface area contributed by atoms with Crippen LogP contribution in [0.2, 0.25) is 10.0 Å². The molecule has 0 bridgehead atoms. The second-order valence-corrected chi connectivity index (χ2v) is 8.37. The number of amides is 1. The van der Waals surface area contributed by atoms with Crippen LogP contribution in [0.3, 0.4) is 0 Å². The summed E-state index contributed by atoms with van der Waals surface area (Å²) in [5.41, 5.74) is 6.28. The smallest absolute Gasteiger partial charge is 0.310 e. The molecule has 4 aromatic rings. The minimum atomic E-state index is -0.663. The number of anilines is 3. The zero-order valence-electron chi connectivity index (χ0n) is 16.2. The first-order chi connectivity index (χ1) is 15.3. The zero-order valence-corrected chi connectivity index (χ0v) is 18.5. The number of rotatable bonds is 6. The Morgan fingerprint density at radius 3 is 2.66 bits per heavy atom. The summed E-state index contributed by atoms with van der Waals surface area (Å²) in [7, 11) is 0. The van der Waals surface area contributed by atoms with E-state index in [-0.39, 0.29) is 22.2 Å². The molecule has 4 rings (SSSR count). The summed E-state index contributed by atoms with van der Waals surface area (Å²) in [5, 5.41) is 15.5. The first-order valence-corrected chi connectivity index (χ1v) is 10.5. The average molecular weight is 490 g/mol. The van der Waals surface area contributed by atoms with Crippen LogP contribution in [-0.2, 0) is 0 Å². The summed E-state index contributed by atoms with van der Waals surface area (Å²) in [6, 6.07) is 10.1. The summed E-state index contributed by atoms with van der Waals surface area (Å²) < 4.78 is 0.926. The molecular formula is C19H13Cl2N7O3S. The van der Waals surface area contributed by atoms with E-state index in [9.17, 15) is 14.9 Å². The fourth-order valence-electron chi connectivity index (χ4n) is 2.78. The number of hydrogen-bond acceptors (Lipinski definition) is 9. The SMILES string of the molecule is Cc1ccc2nc(Nc3ncnc(NNC(=O)c4ccc(Cl)cc4Cl)c3[N+](=O)[O-])sc2c1. The summed E-state index contributed by atoms with van der Waals surface area (Å²) in [5.74, 6) is -0.930. The van der Waals surface area contributed by atoms with Crippen molar-refractivity contribution in [2.45, 2.75) is 6.92 Å². The van der Waals surface area contributed by atoms with Crippen LogP contribution in [-0.4, -0.2) is 25.8 Å². The molecule has 0 saturated heterocycles. The van der Waals surface area contributed by atoms with Crippen molar-refractivity contribution in [1.29, 1.82) is 0 Å². The van der Waals surface area contributed by atoms with E-state index < -0.39 is 16.5 Å². The Morgan fingerprint density at radius 1 is 1.12 bits per heavy atom. The Labute approximate surface area is 194 Å². The van der Waals surface area contributed by atoms with Gasteiger partial charge in [0.2, 0.25) is 11.6 Å². The Morgan fingerprint density at radius 2 is 1.91 bits per heavy atom. The number of nitrogens with zero attached hydrogens (tertiary/aromatic N) is 4. The maximum absolute atomic E-state index is 12.4. The maximum Gasteiger partial charge on any atom is 0.355 e. The Balaban J connectivity index is 1.58. The number of thiazole rings is 1. The number of carbonyl (C=O) groups excluding carboxylic acids is 1. The number of aromatic nitrogens is 3. The van der Waals surface area contributed by atoms with Gasteiger partial charge in [0, 0.05) is 5.02 Å². The van der Waals surface area contributed by atoms with Crippen LogP contribution in [0.15, 0.2) is 42.7 Å². The minimum Gasteiger partial charge on any atom is -0.310 e. The molecule has 1 amide bonds. The molecule has 32 heavy (non-hydrogen) atoms. The van der Waals surface area contributed by atoms with Gasteiger partial charge in [0.05, 0.1) is 25.7 Å². The lowest BCUT2D eigenvalue weighted by Gasteiger charge is -2.10. The van der Waals surface area contributed by atoms with Crippen LogP contribution in [0.1, 0.15) is 15.9 Å². The Hall–Kier alpha value is -3.54. The van der Waals surface area contributed by atoms with Gasteiger partial charge in [-0.1, -0.05) is 40.6 Å². The molecule has 2 heterocycles. The van der Waals surface area contributed by atoms with Crippen LogP contribution in [0, 0.1) is 17.0 Å². The molecule has 0 aliphatic rings. The average Bonchev–Trinajstić information content (AvgIpc) is 3.13. The molecule has 0 atom stereocenters. The van der Waals surface area contributed by atoms with Gasteiger partial charge >= 0.3 is 5.69 Å². The summed E-state index contributed by atoms with van der Waals surface area (Å²) in [6.07, 6.45) is 1.12. The molecule has 13 heteroatoms.